The second-order valence-electron chi connectivity index (χ2n) is 4.68. The fourth-order valence-corrected chi connectivity index (χ4v) is 2.52. The van der Waals surface area contributed by atoms with Crippen LogP contribution in [0.3, 0.4) is 0 Å². The normalized spacial score (nSPS) is 23.5. The monoisotopic (exact) mass is 234 g/mol. The minimum absolute atomic E-state index is 0.327. The summed E-state index contributed by atoms with van der Waals surface area (Å²) in [7, 11) is 0. The third-order valence-corrected chi connectivity index (χ3v) is 3.34. The van der Waals surface area contributed by atoms with Crippen molar-refractivity contribution in [1.29, 1.82) is 0 Å². The van der Waals surface area contributed by atoms with Crippen LogP contribution in [-0.2, 0) is 4.74 Å². The molecule has 2 atom stereocenters. The number of ether oxygens (including phenoxy) is 1. The molecule has 0 bridgehead atoms. The van der Waals surface area contributed by atoms with Crippen molar-refractivity contribution in [3.63, 3.8) is 0 Å². The van der Waals surface area contributed by atoms with E-state index in [0.29, 0.717) is 12.1 Å². The van der Waals surface area contributed by atoms with Gasteiger partial charge in [-0.25, -0.2) is 0 Å². The first-order valence-corrected chi connectivity index (χ1v) is 6.42. The van der Waals surface area contributed by atoms with Crippen LogP contribution in [0.2, 0.25) is 0 Å². The van der Waals surface area contributed by atoms with Crippen LogP contribution in [0.25, 0.3) is 0 Å². The quantitative estimate of drug-likeness (QED) is 0.863. The minimum Gasteiger partial charge on any atom is -0.376 e. The summed E-state index contributed by atoms with van der Waals surface area (Å²) in [5, 5.41) is 0. The molecular weight excluding hydrogens is 212 g/mol. The lowest BCUT2D eigenvalue weighted by Crippen LogP contribution is -2.43. The Balaban J connectivity index is 2.11. The molecule has 17 heavy (non-hydrogen) atoms. The Bertz CT molecular complexity index is 328. The van der Waals surface area contributed by atoms with Crippen LogP contribution in [0.4, 0.5) is 0 Å². The molecule has 0 spiro atoms. The second-order valence-corrected chi connectivity index (χ2v) is 4.68. The van der Waals surface area contributed by atoms with Crippen molar-refractivity contribution in [3.05, 3.63) is 35.9 Å². The maximum Gasteiger partial charge on any atom is 0.0674 e. The Morgan fingerprint density at radius 1 is 1.41 bits per heavy atom. The van der Waals surface area contributed by atoms with Gasteiger partial charge in [-0.3, -0.25) is 4.90 Å². The zero-order chi connectivity index (χ0) is 12.1. The van der Waals surface area contributed by atoms with Gasteiger partial charge in [-0.1, -0.05) is 30.3 Å². The summed E-state index contributed by atoms with van der Waals surface area (Å²) in [6, 6.07) is 11.1. The summed E-state index contributed by atoms with van der Waals surface area (Å²) in [5.74, 6) is 0. The lowest BCUT2D eigenvalue weighted by Gasteiger charge is -2.37. The number of morpholine rings is 1. The van der Waals surface area contributed by atoms with E-state index >= 15 is 0 Å². The van der Waals surface area contributed by atoms with Gasteiger partial charge < -0.3 is 10.5 Å². The number of rotatable bonds is 4. The van der Waals surface area contributed by atoms with E-state index in [4.69, 9.17) is 10.5 Å². The average Bonchev–Trinajstić information content (AvgIpc) is 2.37. The fraction of sp³-hybridized carbons (Fsp3) is 0.571. The topological polar surface area (TPSA) is 38.5 Å². The van der Waals surface area contributed by atoms with Gasteiger partial charge in [0.2, 0.25) is 0 Å². The van der Waals surface area contributed by atoms with Gasteiger partial charge in [0.1, 0.15) is 0 Å². The van der Waals surface area contributed by atoms with Crippen LogP contribution in [0, 0.1) is 0 Å². The highest BCUT2D eigenvalue weighted by molar-refractivity contribution is 5.19. The third-order valence-electron chi connectivity index (χ3n) is 3.34. The number of hydrogen-bond acceptors (Lipinski definition) is 3. The zero-order valence-corrected chi connectivity index (χ0v) is 10.5. The number of nitrogens with two attached hydrogens (primary N) is 1. The molecule has 1 fully saturated rings. The van der Waals surface area contributed by atoms with Gasteiger partial charge in [0.15, 0.2) is 0 Å². The van der Waals surface area contributed by atoms with Gasteiger partial charge in [-0.2, -0.15) is 0 Å². The first kappa shape index (κ1) is 12.6. The van der Waals surface area contributed by atoms with E-state index in [1.165, 1.54) is 5.56 Å². The van der Waals surface area contributed by atoms with Gasteiger partial charge in [0.05, 0.1) is 12.7 Å². The van der Waals surface area contributed by atoms with E-state index in [2.05, 4.69) is 42.2 Å². The Hall–Kier alpha value is -0.900. The van der Waals surface area contributed by atoms with Gasteiger partial charge in [0.25, 0.3) is 0 Å². The van der Waals surface area contributed by atoms with Crippen molar-refractivity contribution in [3.8, 4) is 0 Å². The molecule has 0 amide bonds. The Morgan fingerprint density at radius 3 is 2.82 bits per heavy atom. The molecular formula is C14H22N2O. The molecule has 0 radical (unpaired) electrons. The van der Waals surface area contributed by atoms with Crippen molar-refractivity contribution < 1.29 is 4.74 Å². The van der Waals surface area contributed by atoms with Gasteiger partial charge in [-0.15, -0.1) is 0 Å². The van der Waals surface area contributed by atoms with Gasteiger partial charge in [0, 0.05) is 19.1 Å². The van der Waals surface area contributed by atoms with E-state index in [1.54, 1.807) is 0 Å². The summed E-state index contributed by atoms with van der Waals surface area (Å²) in [6.07, 6.45) is 1.34. The van der Waals surface area contributed by atoms with E-state index in [9.17, 15) is 0 Å². The van der Waals surface area contributed by atoms with Crippen LogP contribution in [0.15, 0.2) is 30.3 Å². The van der Waals surface area contributed by atoms with Crippen molar-refractivity contribution in [2.24, 2.45) is 5.73 Å². The molecule has 94 valence electrons. The predicted molar refractivity (Wildman–Crippen MR) is 69.8 cm³/mol. The summed E-state index contributed by atoms with van der Waals surface area (Å²) >= 11 is 0. The second kappa shape index (κ2) is 6.15. The zero-order valence-electron chi connectivity index (χ0n) is 10.5. The highest BCUT2D eigenvalue weighted by Gasteiger charge is 2.24. The SMILES string of the molecule is CC1CN(C(CCN)c2ccccc2)CCO1. The van der Waals surface area contributed by atoms with Crippen LogP contribution in [0.5, 0.6) is 0 Å². The Morgan fingerprint density at radius 2 is 2.18 bits per heavy atom. The summed E-state index contributed by atoms with van der Waals surface area (Å²) < 4.78 is 5.60. The molecule has 0 saturated carbocycles. The van der Waals surface area contributed by atoms with E-state index < -0.39 is 0 Å². The minimum atomic E-state index is 0.327. The molecule has 3 heteroatoms. The first-order chi connectivity index (χ1) is 8.31. The third kappa shape index (κ3) is 3.28. The summed E-state index contributed by atoms with van der Waals surface area (Å²) in [4.78, 5) is 2.50. The molecule has 2 N–H and O–H groups in total. The molecule has 1 aliphatic rings. The number of hydrogen-bond donors (Lipinski definition) is 1. The Labute approximate surface area is 104 Å². The molecule has 3 nitrogen and oxygen atoms in total. The molecule has 0 aromatic heterocycles. The number of nitrogens with zero attached hydrogens (tertiary/aromatic N) is 1. The maximum absolute atomic E-state index is 5.75. The van der Waals surface area contributed by atoms with Crippen molar-refractivity contribution in [1.82, 2.24) is 4.90 Å². The first-order valence-electron chi connectivity index (χ1n) is 6.42. The van der Waals surface area contributed by atoms with Crippen LogP contribution in [0.1, 0.15) is 24.9 Å². The highest BCUT2D eigenvalue weighted by atomic mass is 16.5. The number of benzene rings is 1. The molecule has 1 aliphatic heterocycles. The van der Waals surface area contributed by atoms with E-state index in [0.717, 1.165) is 32.7 Å². The van der Waals surface area contributed by atoms with Crippen LogP contribution >= 0.6 is 0 Å². The van der Waals surface area contributed by atoms with E-state index in [-0.39, 0.29) is 0 Å². The largest absolute Gasteiger partial charge is 0.376 e. The summed E-state index contributed by atoms with van der Waals surface area (Å²) in [5.41, 5.74) is 7.12. The van der Waals surface area contributed by atoms with Crippen molar-refractivity contribution in [2.45, 2.75) is 25.5 Å². The summed E-state index contributed by atoms with van der Waals surface area (Å²) in [6.45, 7) is 5.69. The van der Waals surface area contributed by atoms with Crippen LogP contribution < -0.4 is 5.73 Å². The van der Waals surface area contributed by atoms with E-state index in [1.807, 2.05) is 0 Å². The lowest BCUT2D eigenvalue weighted by atomic mass is 10.0. The van der Waals surface area contributed by atoms with Gasteiger partial charge in [-0.05, 0) is 25.5 Å². The van der Waals surface area contributed by atoms with Crippen molar-refractivity contribution in [2.75, 3.05) is 26.2 Å². The molecule has 2 unspecified atom stereocenters. The maximum atomic E-state index is 5.75. The molecule has 1 saturated heterocycles. The smallest absolute Gasteiger partial charge is 0.0674 e. The molecule has 1 aromatic carbocycles. The molecule has 1 heterocycles. The predicted octanol–water partition coefficient (Wildman–Crippen LogP) is 1.80. The molecule has 2 rings (SSSR count). The van der Waals surface area contributed by atoms with Crippen LogP contribution in [-0.4, -0.2) is 37.2 Å². The average molecular weight is 234 g/mol. The lowest BCUT2D eigenvalue weighted by molar-refractivity contribution is -0.0355. The Kier molecular flexibility index (Phi) is 4.54. The highest BCUT2D eigenvalue weighted by Crippen LogP contribution is 2.25. The molecule has 0 aliphatic carbocycles. The molecule has 1 aromatic rings. The fourth-order valence-electron chi connectivity index (χ4n) is 2.52. The standard InChI is InChI=1S/C14H22N2O/c1-12-11-16(9-10-17-12)14(7-8-15)13-5-3-2-4-6-13/h2-6,12,14H,7-11,15H2,1H3. The van der Waals surface area contributed by atoms with Crippen molar-refractivity contribution >= 4 is 0 Å². The van der Waals surface area contributed by atoms with Gasteiger partial charge >= 0.3 is 0 Å².